The summed E-state index contributed by atoms with van der Waals surface area (Å²) in [5.41, 5.74) is 8.19. The predicted molar refractivity (Wildman–Crippen MR) is 233 cm³/mol. The molecule has 0 amide bonds. The number of fused-ring (bicyclic) bond motifs is 4. The van der Waals surface area contributed by atoms with Gasteiger partial charge in [0.15, 0.2) is 34.6 Å². The van der Waals surface area contributed by atoms with Crippen molar-refractivity contribution in [1.29, 1.82) is 0 Å². The number of phenols is 1. The van der Waals surface area contributed by atoms with Gasteiger partial charge in [-0.1, -0.05) is 35.4 Å². The van der Waals surface area contributed by atoms with Gasteiger partial charge in [-0.3, -0.25) is 0 Å². The molecule has 1 spiro atoms. The number of piperidine rings is 1. The number of likely N-dealkylation sites (tertiary alicyclic amines) is 1. The van der Waals surface area contributed by atoms with Crippen LogP contribution in [0.1, 0.15) is 67.3 Å². The molecule has 62 heavy (non-hydrogen) atoms. The molecule has 2 fully saturated rings. The second kappa shape index (κ2) is 17.3. The van der Waals surface area contributed by atoms with Gasteiger partial charge in [0.2, 0.25) is 11.8 Å². The molecular formula is C49H49F2N5O6. The van der Waals surface area contributed by atoms with Crippen molar-refractivity contribution in [3.8, 4) is 40.5 Å². The first-order chi connectivity index (χ1) is 30.1. The van der Waals surface area contributed by atoms with Crippen LogP contribution in [0.3, 0.4) is 0 Å². The van der Waals surface area contributed by atoms with Crippen LogP contribution in [0.4, 0.5) is 8.78 Å². The van der Waals surface area contributed by atoms with Crippen molar-refractivity contribution >= 4 is 34.0 Å². The van der Waals surface area contributed by atoms with Crippen LogP contribution in [-0.2, 0) is 24.0 Å². The molecule has 2 saturated heterocycles. The van der Waals surface area contributed by atoms with E-state index in [0.717, 1.165) is 91.0 Å². The van der Waals surface area contributed by atoms with Gasteiger partial charge in [0.1, 0.15) is 18.4 Å². The van der Waals surface area contributed by atoms with Crippen molar-refractivity contribution in [3.05, 3.63) is 112 Å². The van der Waals surface area contributed by atoms with Crippen molar-refractivity contribution in [2.24, 2.45) is 5.41 Å². The highest BCUT2D eigenvalue weighted by molar-refractivity contribution is 5.87. The number of hydrogen-bond acceptors (Lipinski definition) is 11. The largest absolute Gasteiger partial charge is 0.504 e. The maximum Gasteiger partial charge on any atom is 0.230 e. The number of phenolic OH excluding ortho intramolecular Hbond substituents is 1. The van der Waals surface area contributed by atoms with E-state index in [0.29, 0.717) is 38.7 Å². The lowest BCUT2D eigenvalue weighted by Crippen LogP contribution is -2.50. The van der Waals surface area contributed by atoms with Gasteiger partial charge in [0, 0.05) is 22.6 Å². The molecule has 0 bridgehead atoms. The minimum atomic E-state index is -0.410. The highest BCUT2D eigenvalue weighted by atomic mass is 19.1. The predicted octanol–water partition coefficient (Wildman–Crippen LogP) is 10.2. The molecular weight excluding hydrogens is 793 g/mol. The second-order valence-corrected chi connectivity index (χ2v) is 16.8. The summed E-state index contributed by atoms with van der Waals surface area (Å²) < 4.78 is 57.9. The van der Waals surface area contributed by atoms with Crippen molar-refractivity contribution in [2.45, 2.75) is 58.8 Å². The Kier molecular flexibility index (Phi) is 11.5. The Balaban J connectivity index is 0.000000171. The standard InChI is InChI=1S/C30H34FN3O3.C19H15FN2O3/c1-20-13-21-6-7-26(28(31)23(21)14-20)37-29-24-16-27(35-2)22(15-25(24)32-19-33-29)5-3-4-10-34-11-8-30(9-12-34)17-36-18-30;1-10-5-11-3-4-16(18(20)12(11)6-10)25-19-13-7-17(24-2)15(23)8-14(13)21-9-22-19/h6-7,14-16,19H,3-5,8-13,17-18H2,1-2H3;3-4,6-9,23H,5H2,1-2H3. The summed E-state index contributed by atoms with van der Waals surface area (Å²) in [6.45, 7) is 9.39. The van der Waals surface area contributed by atoms with Crippen molar-refractivity contribution in [1.82, 2.24) is 24.8 Å². The summed E-state index contributed by atoms with van der Waals surface area (Å²) in [5, 5.41) is 11.1. The van der Waals surface area contributed by atoms with E-state index in [9.17, 15) is 9.50 Å². The summed E-state index contributed by atoms with van der Waals surface area (Å²) in [7, 11) is 3.12. The maximum atomic E-state index is 15.2. The average molecular weight is 842 g/mol. The van der Waals surface area contributed by atoms with E-state index in [1.54, 1.807) is 25.3 Å². The van der Waals surface area contributed by atoms with E-state index in [1.807, 2.05) is 44.2 Å². The van der Waals surface area contributed by atoms with Crippen LogP contribution >= 0.6 is 0 Å². The molecule has 4 aromatic carbocycles. The Labute approximate surface area is 359 Å². The Bertz CT molecular complexity index is 2740. The molecule has 2 aliphatic carbocycles. The Morgan fingerprint density at radius 3 is 1.77 bits per heavy atom. The fourth-order valence-electron chi connectivity index (χ4n) is 8.85. The van der Waals surface area contributed by atoms with Crippen molar-refractivity contribution in [2.75, 3.05) is 47.1 Å². The zero-order valence-corrected chi connectivity index (χ0v) is 35.4. The first-order valence-electron chi connectivity index (χ1n) is 21.1. The molecule has 2 aliphatic heterocycles. The summed E-state index contributed by atoms with van der Waals surface area (Å²) in [5.74, 6) is 1.03. The Morgan fingerprint density at radius 1 is 0.694 bits per heavy atom. The molecule has 11 nitrogen and oxygen atoms in total. The topological polar surface area (TPSA) is 121 Å². The molecule has 0 atom stereocenters. The van der Waals surface area contributed by atoms with Gasteiger partial charge in [-0.15, -0.1) is 0 Å². The number of aromatic nitrogens is 4. The number of halogens is 2. The lowest BCUT2D eigenvalue weighted by atomic mass is 9.77. The lowest BCUT2D eigenvalue weighted by Gasteiger charge is -2.47. The molecule has 10 rings (SSSR count). The molecule has 320 valence electrons. The molecule has 0 unspecified atom stereocenters. The van der Waals surface area contributed by atoms with Crippen LogP contribution < -0.4 is 18.9 Å². The van der Waals surface area contributed by atoms with Gasteiger partial charge < -0.3 is 33.7 Å². The zero-order chi connectivity index (χ0) is 43.0. The quantitative estimate of drug-likeness (QED) is 0.126. The van der Waals surface area contributed by atoms with E-state index in [-0.39, 0.29) is 34.7 Å². The van der Waals surface area contributed by atoms with E-state index in [4.69, 9.17) is 23.7 Å². The van der Waals surface area contributed by atoms with E-state index in [2.05, 4.69) is 30.9 Å². The highest BCUT2D eigenvalue weighted by Gasteiger charge is 2.40. The first-order valence-corrected chi connectivity index (χ1v) is 21.1. The molecule has 0 saturated carbocycles. The third kappa shape index (κ3) is 8.26. The summed E-state index contributed by atoms with van der Waals surface area (Å²) in [6.07, 6.45) is 13.7. The number of allylic oxidation sites excluding steroid dienone is 2. The molecule has 13 heteroatoms. The number of nitrogens with zero attached hydrogens (tertiary/aromatic N) is 5. The molecule has 2 aromatic heterocycles. The smallest absolute Gasteiger partial charge is 0.230 e. The van der Waals surface area contributed by atoms with Gasteiger partial charge in [-0.25, -0.2) is 28.7 Å². The number of hydrogen-bond donors (Lipinski definition) is 1. The van der Waals surface area contributed by atoms with Gasteiger partial charge in [-0.05, 0) is 125 Å². The van der Waals surface area contributed by atoms with Crippen LogP contribution in [0.2, 0.25) is 0 Å². The zero-order valence-electron chi connectivity index (χ0n) is 35.4. The Hall–Kier alpha value is -6.18. The number of methoxy groups -OCH3 is 2. The molecule has 6 aromatic rings. The van der Waals surface area contributed by atoms with Gasteiger partial charge in [-0.2, -0.15) is 0 Å². The monoisotopic (exact) mass is 841 g/mol. The normalized spacial score (nSPS) is 16.2. The molecule has 4 aliphatic rings. The maximum absolute atomic E-state index is 15.2. The molecule has 4 heterocycles. The number of aryl methyl sites for hydroxylation is 1. The summed E-state index contributed by atoms with van der Waals surface area (Å²) in [4.78, 5) is 19.6. The van der Waals surface area contributed by atoms with Gasteiger partial charge >= 0.3 is 0 Å². The Morgan fingerprint density at radius 2 is 1.24 bits per heavy atom. The fourth-order valence-corrected chi connectivity index (χ4v) is 8.85. The number of aromatic hydroxyl groups is 1. The van der Waals surface area contributed by atoms with Gasteiger partial charge in [0.25, 0.3) is 0 Å². The third-order valence-corrected chi connectivity index (χ3v) is 12.4. The van der Waals surface area contributed by atoms with E-state index < -0.39 is 5.82 Å². The van der Waals surface area contributed by atoms with Gasteiger partial charge in [0.05, 0.1) is 49.2 Å². The average Bonchev–Trinajstić information content (AvgIpc) is 3.85. The van der Waals surface area contributed by atoms with Crippen molar-refractivity contribution < 1.29 is 37.6 Å². The van der Waals surface area contributed by atoms with Crippen LogP contribution in [0, 0.1) is 17.0 Å². The lowest BCUT2D eigenvalue weighted by molar-refractivity contribution is -0.139. The highest BCUT2D eigenvalue weighted by Crippen LogP contribution is 2.41. The summed E-state index contributed by atoms with van der Waals surface area (Å²) in [6, 6.07) is 14.1. The summed E-state index contributed by atoms with van der Waals surface area (Å²) >= 11 is 0. The van der Waals surface area contributed by atoms with Crippen LogP contribution in [0.5, 0.6) is 40.5 Å². The van der Waals surface area contributed by atoms with Crippen LogP contribution in [0.15, 0.2) is 72.3 Å². The minimum absolute atomic E-state index is 0.0380. The van der Waals surface area contributed by atoms with Crippen molar-refractivity contribution in [3.63, 3.8) is 0 Å². The van der Waals surface area contributed by atoms with Crippen LogP contribution in [0.25, 0.3) is 34.0 Å². The number of ether oxygens (including phenoxy) is 5. The molecule has 1 N–H and O–H groups in total. The number of benzene rings is 4. The van der Waals surface area contributed by atoms with Crippen LogP contribution in [-0.4, -0.2) is 77.0 Å². The minimum Gasteiger partial charge on any atom is -0.504 e. The first kappa shape index (κ1) is 41.2. The van der Waals surface area contributed by atoms with E-state index >= 15 is 4.39 Å². The second-order valence-electron chi connectivity index (χ2n) is 16.8. The number of rotatable bonds is 11. The third-order valence-electron chi connectivity index (χ3n) is 12.4. The SMILES string of the molecule is COc1cc2c(Oc3ccc4c(c3F)C=C(C)C4)ncnc2cc1CCCCN1CCC2(CC1)COC2.COc1cc2c(Oc3ccc4c(c3F)C=C(C)C4)ncnc2cc1O. The number of unbranched alkanes of at least 4 members (excludes halogenated alkanes) is 1. The fraction of sp³-hybridized carbons (Fsp3) is 0.347. The van der Waals surface area contributed by atoms with E-state index in [1.165, 1.54) is 51.8 Å². The molecule has 0 radical (unpaired) electrons.